The van der Waals surface area contributed by atoms with Crippen molar-refractivity contribution in [2.75, 3.05) is 30.7 Å². The molecule has 1 saturated heterocycles. The normalized spacial score (nSPS) is 20.4. The van der Waals surface area contributed by atoms with Crippen molar-refractivity contribution >= 4 is 34.4 Å². The number of imidazole rings is 1. The molecule has 2 atom stereocenters. The summed E-state index contributed by atoms with van der Waals surface area (Å²) in [6, 6.07) is 7.94. The Kier molecular flexibility index (Phi) is 6.66. The van der Waals surface area contributed by atoms with Crippen LogP contribution in [-0.2, 0) is 29.1 Å². The van der Waals surface area contributed by atoms with E-state index in [9.17, 15) is 9.59 Å². The van der Waals surface area contributed by atoms with Crippen LogP contribution < -0.4 is 11.1 Å². The number of amides is 2. The Labute approximate surface area is 211 Å². The topological polar surface area (TPSA) is 109 Å². The Bertz CT molecular complexity index is 1300. The van der Waals surface area contributed by atoms with Gasteiger partial charge in [-0.05, 0) is 61.1 Å². The number of nitrogen functional groups attached to an aromatic ring is 1. The highest BCUT2D eigenvalue weighted by molar-refractivity contribution is 6.39. The first kappa shape index (κ1) is 24.2. The van der Waals surface area contributed by atoms with Crippen molar-refractivity contribution in [3.63, 3.8) is 0 Å². The number of likely N-dealkylation sites (tertiary alicyclic amines) is 1. The average molecular weight is 490 g/mol. The van der Waals surface area contributed by atoms with Crippen molar-refractivity contribution in [2.45, 2.75) is 59.2 Å². The molecule has 2 aliphatic heterocycles. The molecule has 190 valence electrons. The van der Waals surface area contributed by atoms with Gasteiger partial charge in [0.05, 0.1) is 35.5 Å². The average Bonchev–Trinajstić information content (AvgIpc) is 3.26. The van der Waals surface area contributed by atoms with Gasteiger partial charge in [-0.25, -0.2) is 9.97 Å². The van der Waals surface area contributed by atoms with Crippen LogP contribution in [-0.4, -0.2) is 55.8 Å². The molecule has 3 N–H and O–H groups in total. The van der Waals surface area contributed by atoms with Crippen LogP contribution in [0.15, 0.2) is 30.5 Å². The molecular formula is C27H35N7O2. The first-order chi connectivity index (χ1) is 17.4. The Balaban J connectivity index is 1.39. The van der Waals surface area contributed by atoms with Gasteiger partial charge in [0.15, 0.2) is 0 Å². The van der Waals surface area contributed by atoms with Gasteiger partial charge in [0, 0.05) is 19.6 Å². The molecule has 2 aromatic heterocycles. The summed E-state index contributed by atoms with van der Waals surface area (Å²) in [5.74, 6) is 0.672. The molecule has 2 amide bonds. The number of nitrogens with zero attached hydrogens (tertiary/aromatic N) is 5. The third-order valence-corrected chi connectivity index (χ3v) is 7.60. The fourth-order valence-electron chi connectivity index (χ4n) is 5.48. The summed E-state index contributed by atoms with van der Waals surface area (Å²) >= 11 is 0. The zero-order valence-electron chi connectivity index (χ0n) is 21.3. The molecular weight excluding hydrogens is 454 g/mol. The Morgan fingerprint density at radius 3 is 2.78 bits per heavy atom. The number of aromatic nitrogens is 3. The highest BCUT2D eigenvalue weighted by Crippen LogP contribution is 2.35. The monoisotopic (exact) mass is 489 g/mol. The molecule has 0 radical (unpaired) electrons. The molecule has 5 rings (SSSR count). The first-order valence-electron chi connectivity index (χ1n) is 13.0. The smallest absolute Gasteiger partial charge is 0.313 e. The third-order valence-electron chi connectivity index (χ3n) is 7.60. The molecule has 36 heavy (non-hydrogen) atoms. The van der Waals surface area contributed by atoms with Gasteiger partial charge in [-0.15, -0.1) is 0 Å². The molecule has 0 unspecified atom stereocenters. The van der Waals surface area contributed by atoms with Crippen molar-refractivity contribution in [1.29, 1.82) is 0 Å². The van der Waals surface area contributed by atoms with E-state index in [2.05, 4.69) is 51.8 Å². The third kappa shape index (κ3) is 4.55. The maximum Gasteiger partial charge on any atom is 0.313 e. The van der Waals surface area contributed by atoms with Gasteiger partial charge in [0.25, 0.3) is 0 Å². The van der Waals surface area contributed by atoms with Gasteiger partial charge < -0.3 is 20.5 Å². The number of carbonyl (C=O) groups excluding carboxylic acids is 2. The van der Waals surface area contributed by atoms with Crippen LogP contribution in [0.2, 0.25) is 0 Å². The number of aryl methyl sites for hydroxylation is 1. The molecule has 3 aromatic rings. The number of rotatable bonds is 4. The van der Waals surface area contributed by atoms with Gasteiger partial charge in [0.2, 0.25) is 0 Å². The SMILES string of the molecule is CCc1cc(NC(=O)C(=O)N2C[C@@H](C)CC[C@@H]2c2ccc3c(c2)nc2n3CCN(CC)C2)cnc1N. The lowest BCUT2D eigenvalue weighted by Crippen LogP contribution is -2.46. The number of piperidine rings is 1. The van der Waals surface area contributed by atoms with Crippen LogP contribution in [0.4, 0.5) is 11.5 Å². The van der Waals surface area contributed by atoms with Crippen LogP contribution in [0.25, 0.3) is 11.0 Å². The molecule has 0 bridgehead atoms. The van der Waals surface area contributed by atoms with E-state index in [1.54, 1.807) is 11.0 Å². The Hall–Kier alpha value is -3.46. The van der Waals surface area contributed by atoms with Crippen LogP contribution in [0.5, 0.6) is 0 Å². The van der Waals surface area contributed by atoms with Crippen molar-refractivity contribution in [1.82, 2.24) is 24.3 Å². The van der Waals surface area contributed by atoms with Crippen molar-refractivity contribution in [3.05, 3.63) is 47.4 Å². The molecule has 1 fully saturated rings. The fourth-order valence-corrected chi connectivity index (χ4v) is 5.48. The van der Waals surface area contributed by atoms with Gasteiger partial charge in [-0.1, -0.05) is 26.8 Å². The molecule has 0 aliphatic carbocycles. The minimum Gasteiger partial charge on any atom is -0.383 e. The predicted octanol–water partition coefficient (Wildman–Crippen LogP) is 3.35. The van der Waals surface area contributed by atoms with Gasteiger partial charge in [0.1, 0.15) is 11.6 Å². The Morgan fingerprint density at radius 1 is 1.17 bits per heavy atom. The lowest BCUT2D eigenvalue weighted by atomic mass is 9.89. The lowest BCUT2D eigenvalue weighted by molar-refractivity contribution is -0.146. The maximum atomic E-state index is 13.4. The van der Waals surface area contributed by atoms with Crippen LogP contribution in [0.1, 0.15) is 56.6 Å². The summed E-state index contributed by atoms with van der Waals surface area (Å²) in [4.78, 5) is 39.6. The number of carbonyl (C=O) groups is 2. The Morgan fingerprint density at radius 2 is 2.00 bits per heavy atom. The highest BCUT2D eigenvalue weighted by Gasteiger charge is 2.34. The number of likely N-dealkylation sites (N-methyl/N-ethyl adjacent to an activating group) is 1. The fraction of sp³-hybridized carbons (Fsp3) is 0.481. The number of anilines is 2. The molecule has 0 saturated carbocycles. The molecule has 9 nitrogen and oxygen atoms in total. The van der Waals surface area contributed by atoms with E-state index in [0.29, 0.717) is 30.4 Å². The van der Waals surface area contributed by atoms with E-state index in [1.807, 2.05) is 6.92 Å². The zero-order chi connectivity index (χ0) is 25.4. The largest absolute Gasteiger partial charge is 0.383 e. The lowest BCUT2D eigenvalue weighted by Gasteiger charge is -2.38. The molecule has 0 spiro atoms. The van der Waals surface area contributed by atoms with Crippen molar-refractivity contribution in [3.8, 4) is 0 Å². The summed E-state index contributed by atoms with van der Waals surface area (Å²) in [5, 5.41) is 2.73. The molecule has 4 heterocycles. The summed E-state index contributed by atoms with van der Waals surface area (Å²) < 4.78 is 2.30. The van der Waals surface area contributed by atoms with Crippen molar-refractivity contribution in [2.24, 2.45) is 5.92 Å². The van der Waals surface area contributed by atoms with Crippen LogP contribution in [0.3, 0.4) is 0 Å². The zero-order valence-corrected chi connectivity index (χ0v) is 21.3. The number of benzene rings is 1. The minimum atomic E-state index is -0.652. The van der Waals surface area contributed by atoms with Gasteiger partial charge in [-0.2, -0.15) is 0 Å². The van der Waals surface area contributed by atoms with E-state index in [-0.39, 0.29) is 6.04 Å². The minimum absolute atomic E-state index is 0.162. The summed E-state index contributed by atoms with van der Waals surface area (Å²) in [7, 11) is 0. The molecule has 9 heteroatoms. The second-order valence-electron chi connectivity index (χ2n) is 10.0. The van der Waals surface area contributed by atoms with E-state index in [1.165, 1.54) is 6.20 Å². The number of hydrogen-bond donors (Lipinski definition) is 2. The number of nitrogens with one attached hydrogen (secondary N) is 1. The second kappa shape index (κ2) is 9.89. The quantitative estimate of drug-likeness (QED) is 0.544. The van der Waals surface area contributed by atoms with Crippen molar-refractivity contribution < 1.29 is 9.59 Å². The number of fused-ring (bicyclic) bond motifs is 3. The summed E-state index contributed by atoms with van der Waals surface area (Å²) in [5.41, 5.74) is 10.3. The van der Waals surface area contributed by atoms with E-state index >= 15 is 0 Å². The van der Waals surface area contributed by atoms with Crippen LogP contribution in [0, 0.1) is 5.92 Å². The predicted molar refractivity (Wildman–Crippen MR) is 140 cm³/mol. The summed E-state index contributed by atoms with van der Waals surface area (Å²) in [6.07, 6.45) is 4.00. The van der Waals surface area contributed by atoms with Gasteiger partial charge >= 0.3 is 11.8 Å². The van der Waals surface area contributed by atoms with Gasteiger partial charge in [-0.3, -0.25) is 14.5 Å². The number of pyridine rings is 1. The number of hydrogen-bond acceptors (Lipinski definition) is 6. The second-order valence-corrected chi connectivity index (χ2v) is 10.0. The van der Waals surface area contributed by atoms with Crippen LogP contribution >= 0.6 is 0 Å². The van der Waals surface area contributed by atoms with E-state index < -0.39 is 11.8 Å². The standard InChI is InChI=1S/C27H35N7O2/c1-4-18-12-20(14-29-25(18)28)30-26(35)27(36)34-15-17(3)6-8-22(34)19-7-9-23-21(13-19)31-24-16-32(5-2)10-11-33(23)24/h7,9,12-14,17,22H,4-6,8,10-11,15-16H2,1-3H3,(H2,28,29)(H,30,35)/t17-,22+/m0/s1. The maximum absolute atomic E-state index is 13.4. The first-order valence-corrected chi connectivity index (χ1v) is 13.0. The van der Waals surface area contributed by atoms with E-state index in [0.717, 1.165) is 67.0 Å². The highest BCUT2D eigenvalue weighted by atomic mass is 16.2. The van der Waals surface area contributed by atoms with E-state index in [4.69, 9.17) is 10.7 Å². The number of nitrogens with two attached hydrogens (primary N) is 1. The summed E-state index contributed by atoms with van der Waals surface area (Å²) in [6.45, 7) is 10.6. The molecule has 2 aliphatic rings. The molecule has 1 aromatic carbocycles.